The largest absolute Gasteiger partial charge is 0.369 e. The second-order valence-electron chi connectivity index (χ2n) is 2.54. The summed E-state index contributed by atoms with van der Waals surface area (Å²) in [5.41, 5.74) is 0. The Kier molecular flexibility index (Phi) is 5.38. The van der Waals surface area contributed by atoms with Crippen LogP contribution in [0, 0.1) is 3.57 Å². The highest BCUT2D eigenvalue weighted by Crippen LogP contribution is 2.12. The van der Waals surface area contributed by atoms with E-state index < -0.39 is 0 Å². The number of halogens is 2. The molecule has 0 fully saturated rings. The van der Waals surface area contributed by atoms with E-state index in [1.807, 2.05) is 0 Å². The van der Waals surface area contributed by atoms with E-state index in [9.17, 15) is 0 Å². The van der Waals surface area contributed by atoms with Crippen molar-refractivity contribution in [2.45, 2.75) is 12.8 Å². The fourth-order valence-electron chi connectivity index (χ4n) is 0.869. The summed E-state index contributed by atoms with van der Waals surface area (Å²) in [6, 6.07) is 0. The van der Waals surface area contributed by atoms with Crippen molar-refractivity contribution in [1.29, 1.82) is 0 Å². The molecular formula is C8H11ClIN3. The van der Waals surface area contributed by atoms with Crippen LogP contribution in [-0.4, -0.2) is 22.4 Å². The highest BCUT2D eigenvalue weighted by molar-refractivity contribution is 14.1. The molecule has 13 heavy (non-hydrogen) atoms. The summed E-state index contributed by atoms with van der Waals surface area (Å²) in [6.07, 6.45) is 5.45. The van der Waals surface area contributed by atoms with Crippen LogP contribution < -0.4 is 5.32 Å². The van der Waals surface area contributed by atoms with Crippen LogP contribution in [0.3, 0.4) is 0 Å². The molecule has 72 valence electrons. The zero-order valence-corrected chi connectivity index (χ0v) is 10.0. The Morgan fingerprint density at radius 1 is 1.46 bits per heavy atom. The zero-order chi connectivity index (χ0) is 9.52. The van der Waals surface area contributed by atoms with Gasteiger partial charge in [-0.05, 0) is 35.4 Å². The molecule has 1 aromatic rings. The molecule has 0 amide bonds. The molecule has 1 heterocycles. The second kappa shape index (κ2) is 6.37. The summed E-state index contributed by atoms with van der Waals surface area (Å²) in [5, 5.41) is 3.23. The van der Waals surface area contributed by atoms with Gasteiger partial charge in [0.2, 0.25) is 0 Å². The van der Waals surface area contributed by atoms with Crippen LogP contribution in [0.2, 0.25) is 0 Å². The standard InChI is InChI=1S/C8H11ClIN3/c9-3-1-2-4-12-8-7(10)5-11-6-13-8/h5-6H,1-4H2,(H,11,12,13). The van der Waals surface area contributed by atoms with Crippen LogP contribution >= 0.6 is 34.2 Å². The van der Waals surface area contributed by atoms with Gasteiger partial charge in [-0.2, -0.15) is 0 Å². The first-order valence-corrected chi connectivity index (χ1v) is 5.71. The maximum Gasteiger partial charge on any atom is 0.142 e. The average Bonchev–Trinajstić information content (AvgIpc) is 2.15. The number of hydrogen-bond donors (Lipinski definition) is 1. The molecule has 0 aliphatic rings. The number of nitrogens with one attached hydrogen (secondary N) is 1. The second-order valence-corrected chi connectivity index (χ2v) is 4.08. The molecule has 0 aliphatic heterocycles. The first kappa shape index (κ1) is 11.0. The lowest BCUT2D eigenvalue weighted by Crippen LogP contribution is -2.05. The molecule has 5 heteroatoms. The highest BCUT2D eigenvalue weighted by Gasteiger charge is 1.97. The van der Waals surface area contributed by atoms with Crippen LogP contribution in [0.5, 0.6) is 0 Å². The van der Waals surface area contributed by atoms with E-state index >= 15 is 0 Å². The molecule has 1 rings (SSSR count). The molecule has 0 radical (unpaired) electrons. The minimum absolute atomic E-state index is 0.725. The molecule has 1 N–H and O–H groups in total. The summed E-state index contributed by atoms with van der Waals surface area (Å²) in [4.78, 5) is 8.02. The predicted molar refractivity (Wildman–Crippen MR) is 63.2 cm³/mol. The van der Waals surface area contributed by atoms with Crippen molar-refractivity contribution in [2.24, 2.45) is 0 Å². The molecule has 0 spiro atoms. The van der Waals surface area contributed by atoms with Crippen LogP contribution in [0.25, 0.3) is 0 Å². The Balaban J connectivity index is 2.32. The fourth-order valence-corrected chi connectivity index (χ4v) is 1.55. The summed E-state index contributed by atoms with van der Waals surface area (Å²) in [6.45, 7) is 0.916. The summed E-state index contributed by atoms with van der Waals surface area (Å²) in [5.74, 6) is 1.63. The van der Waals surface area contributed by atoms with Gasteiger partial charge in [-0.15, -0.1) is 11.6 Å². The molecule has 0 bridgehead atoms. The monoisotopic (exact) mass is 311 g/mol. The molecule has 0 unspecified atom stereocenters. The van der Waals surface area contributed by atoms with Crippen LogP contribution in [0.15, 0.2) is 12.5 Å². The summed E-state index contributed by atoms with van der Waals surface area (Å²) >= 11 is 7.77. The van der Waals surface area contributed by atoms with E-state index in [0.29, 0.717) is 0 Å². The SMILES string of the molecule is ClCCCCNc1ncncc1I. The van der Waals surface area contributed by atoms with Crippen molar-refractivity contribution in [3.05, 3.63) is 16.1 Å². The lowest BCUT2D eigenvalue weighted by atomic mass is 10.3. The van der Waals surface area contributed by atoms with Crippen LogP contribution in [0.4, 0.5) is 5.82 Å². The first-order valence-electron chi connectivity index (χ1n) is 4.10. The number of aromatic nitrogens is 2. The van der Waals surface area contributed by atoms with Gasteiger partial charge in [0.15, 0.2) is 0 Å². The van der Waals surface area contributed by atoms with Crippen molar-refractivity contribution >= 4 is 40.0 Å². The minimum atomic E-state index is 0.725. The Labute approximate surface area is 96.4 Å². The Morgan fingerprint density at radius 3 is 3.00 bits per heavy atom. The predicted octanol–water partition coefficient (Wildman–Crippen LogP) is 2.51. The molecule has 0 saturated carbocycles. The number of alkyl halides is 1. The Morgan fingerprint density at radius 2 is 2.31 bits per heavy atom. The smallest absolute Gasteiger partial charge is 0.142 e. The lowest BCUT2D eigenvalue weighted by molar-refractivity contribution is 0.834. The minimum Gasteiger partial charge on any atom is -0.369 e. The molecule has 1 aromatic heterocycles. The zero-order valence-electron chi connectivity index (χ0n) is 7.13. The number of hydrogen-bond acceptors (Lipinski definition) is 3. The molecular weight excluding hydrogens is 300 g/mol. The van der Waals surface area contributed by atoms with E-state index in [-0.39, 0.29) is 0 Å². The summed E-state index contributed by atoms with van der Waals surface area (Å²) < 4.78 is 1.05. The Hall–Kier alpha value is -0.100. The van der Waals surface area contributed by atoms with Crippen molar-refractivity contribution in [2.75, 3.05) is 17.7 Å². The van der Waals surface area contributed by atoms with Gasteiger partial charge in [0.05, 0.1) is 3.57 Å². The fraction of sp³-hybridized carbons (Fsp3) is 0.500. The average molecular weight is 312 g/mol. The summed E-state index contributed by atoms with van der Waals surface area (Å²) in [7, 11) is 0. The molecule has 0 aliphatic carbocycles. The first-order chi connectivity index (χ1) is 6.34. The van der Waals surface area contributed by atoms with Crippen LogP contribution in [-0.2, 0) is 0 Å². The maximum absolute atomic E-state index is 5.56. The van der Waals surface area contributed by atoms with Gasteiger partial charge in [-0.1, -0.05) is 0 Å². The third-order valence-electron chi connectivity index (χ3n) is 1.52. The van der Waals surface area contributed by atoms with Gasteiger partial charge < -0.3 is 5.32 Å². The van der Waals surface area contributed by atoms with E-state index in [4.69, 9.17) is 11.6 Å². The van der Waals surface area contributed by atoms with E-state index in [2.05, 4.69) is 37.9 Å². The lowest BCUT2D eigenvalue weighted by Gasteiger charge is -2.05. The van der Waals surface area contributed by atoms with E-state index in [1.165, 1.54) is 0 Å². The molecule has 0 atom stereocenters. The molecule has 3 nitrogen and oxygen atoms in total. The normalized spacial score (nSPS) is 10.0. The number of rotatable bonds is 5. The van der Waals surface area contributed by atoms with Gasteiger partial charge >= 0.3 is 0 Å². The quantitative estimate of drug-likeness (QED) is 0.516. The van der Waals surface area contributed by atoms with Crippen molar-refractivity contribution in [3.63, 3.8) is 0 Å². The topological polar surface area (TPSA) is 37.8 Å². The van der Waals surface area contributed by atoms with Gasteiger partial charge in [0, 0.05) is 18.6 Å². The third-order valence-corrected chi connectivity index (χ3v) is 2.58. The van der Waals surface area contributed by atoms with Crippen molar-refractivity contribution in [1.82, 2.24) is 9.97 Å². The molecule has 0 aromatic carbocycles. The number of anilines is 1. The van der Waals surface area contributed by atoms with Gasteiger partial charge in [0.1, 0.15) is 12.1 Å². The van der Waals surface area contributed by atoms with Crippen LogP contribution in [0.1, 0.15) is 12.8 Å². The number of unbranched alkanes of at least 4 members (excludes halogenated alkanes) is 1. The van der Waals surface area contributed by atoms with Crippen molar-refractivity contribution < 1.29 is 0 Å². The highest BCUT2D eigenvalue weighted by atomic mass is 127. The number of nitrogens with zero attached hydrogens (tertiary/aromatic N) is 2. The van der Waals surface area contributed by atoms with E-state index in [1.54, 1.807) is 12.5 Å². The van der Waals surface area contributed by atoms with Gasteiger partial charge in [0.25, 0.3) is 0 Å². The molecule has 0 saturated heterocycles. The van der Waals surface area contributed by atoms with Gasteiger partial charge in [-0.3, -0.25) is 0 Å². The maximum atomic E-state index is 5.56. The third kappa shape index (κ3) is 4.08. The Bertz CT molecular complexity index is 257. The van der Waals surface area contributed by atoms with Gasteiger partial charge in [-0.25, -0.2) is 9.97 Å². The van der Waals surface area contributed by atoms with E-state index in [0.717, 1.165) is 34.7 Å². The van der Waals surface area contributed by atoms with Crippen molar-refractivity contribution in [3.8, 4) is 0 Å².